The van der Waals surface area contributed by atoms with Crippen molar-refractivity contribution in [2.24, 2.45) is 0 Å². The molecule has 0 aliphatic carbocycles. The van der Waals surface area contributed by atoms with Crippen LogP contribution in [0.15, 0.2) is 22.7 Å². The fourth-order valence-corrected chi connectivity index (χ4v) is 1.56. The van der Waals surface area contributed by atoms with Crippen LogP contribution in [0, 0.1) is 0 Å². The summed E-state index contributed by atoms with van der Waals surface area (Å²) in [6.07, 6.45) is 0. The van der Waals surface area contributed by atoms with E-state index in [2.05, 4.69) is 15.9 Å². The van der Waals surface area contributed by atoms with E-state index in [1.165, 1.54) is 0 Å². The highest BCUT2D eigenvalue weighted by Crippen LogP contribution is 2.31. The van der Waals surface area contributed by atoms with Crippen LogP contribution >= 0.6 is 15.9 Å². The number of hydrogen-bond donors (Lipinski definition) is 0. The predicted molar refractivity (Wildman–Crippen MR) is 60.7 cm³/mol. The smallest absolute Gasteiger partial charge is 0.133 e. The average molecular weight is 259 g/mol. The molecule has 0 amide bonds. The van der Waals surface area contributed by atoms with Gasteiger partial charge in [-0.15, -0.1) is 0 Å². The molecule has 1 rings (SSSR count). The van der Waals surface area contributed by atoms with Gasteiger partial charge in [-0.1, -0.05) is 6.07 Å². The van der Waals surface area contributed by atoms with E-state index < -0.39 is 0 Å². The van der Waals surface area contributed by atoms with E-state index in [0.29, 0.717) is 0 Å². The second kappa shape index (κ2) is 4.32. The van der Waals surface area contributed by atoms with Crippen molar-refractivity contribution in [2.75, 3.05) is 14.2 Å². The molecule has 0 spiro atoms. The lowest BCUT2D eigenvalue weighted by atomic mass is 9.98. The summed E-state index contributed by atoms with van der Waals surface area (Å²) < 4.78 is 11.6. The summed E-state index contributed by atoms with van der Waals surface area (Å²) in [7, 11) is 3.36. The lowest BCUT2D eigenvalue weighted by molar-refractivity contribution is 0.0190. The molecule has 0 fully saturated rings. The molecule has 0 aromatic heterocycles. The minimum atomic E-state index is -0.284. The molecule has 1 aromatic rings. The normalized spacial score (nSPS) is 11.5. The number of benzene rings is 1. The van der Waals surface area contributed by atoms with Gasteiger partial charge in [-0.2, -0.15) is 0 Å². The van der Waals surface area contributed by atoms with Gasteiger partial charge in [0, 0.05) is 7.11 Å². The molecule has 0 saturated heterocycles. The van der Waals surface area contributed by atoms with Crippen molar-refractivity contribution in [1.29, 1.82) is 0 Å². The fourth-order valence-electron chi connectivity index (χ4n) is 1.15. The first-order valence-corrected chi connectivity index (χ1v) is 5.19. The van der Waals surface area contributed by atoms with E-state index in [1.54, 1.807) is 14.2 Å². The number of hydrogen-bond acceptors (Lipinski definition) is 2. The van der Waals surface area contributed by atoms with Crippen LogP contribution in [-0.2, 0) is 10.3 Å². The molecule has 0 radical (unpaired) electrons. The molecule has 0 unspecified atom stereocenters. The maximum atomic E-state index is 5.39. The van der Waals surface area contributed by atoms with Crippen molar-refractivity contribution in [1.82, 2.24) is 0 Å². The van der Waals surface area contributed by atoms with Gasteiger partial charge in [0.25, 0.3) is 0 Å². The highest BCUT2D eigenvalue weighted by molar-refractivity contribution is 9.10. The Bertz CT molecular complexity index is 321. The van der Waals surface area contributed by atoms with E-state index in [0.717, 1.165) is 15.8 Å². The maximum absolute atomic E-state index is 5.39. The molecule has 0 aliphatic heterocycles. The number of halogens is 1. The summed E-state index contributed by atoms with van der Waals surface area (Å²) in [5, 5.41) is 0. The molecule has 0 aliphatic rings. The molecule has 0 N–H and O–H groups in total. The van der Waals surface area contributed by atoms with Crippen LogP contribution in [-0.4, -0.2) is 14.2 Å². The Hall–Kier alpha value is -0.540. The first-order chi connectivity index (χ1) is 6.51. The summed E-state index contributed by atoms with van der Waals surface area (Å²) in [6.45, 7) is 4.05. The third-order valence-electron chi connectivity index (χ3n) is 2.36. The quantitative estimate of drug-likeness (QED) is 0.828. The molecule has 0 saturated carbocycles. The lowest BCUT2D eigenvalue weighted by Gasteiger charge is -2.24. The Kier molecular flexibility index (Phi) is 3.56. The topological polar surface area (TPSA) is 18.5 Å². The first kappa shape index (κ1) is 11.5. The molecule has 1 aromatic carbocycles. The summed E-state index contributed by atoms with van der Waals surface area (Å²) in [6, 6.07) is 5.97. The molecule has 14 heavy (non-hydrogen) atoms. The van der Waals surface area contributed by atoms with Crippen LogP contribution in [0.25, 0.3) is 0 Å². The van der Waals surface area contributed by atoms with Gasteiger partial charge < -0.3 is 9.47 Å². The van der Waals surface area contributed by atoms with Crippen LogP contribution in [0.3, 0.4) is 0 Å². The summed E-state index contributed by atoms with van der Waals surface area (Å²) in [5.41, 5.74) is 0.814. The SMILES string of the molecule is COc1cc(C(C)(C)OC)ccc1Br. The highest BCUT2D eigenvalue weighted by Gasteiger charge is 2.20. The minimum absolute atomic E-state index is 0.284. The Balaban J connectivity index is 3.12. The van der Waals surface area contributed by atoms with Gasteiger partial charge in [0.05, 0.1) is 17.2 Å². The van der Waals surface area contributed by atoms with Crippen molar-refractivity contribution < 1.29 is 9.47 Å². The van der Waals surface area contributed by atoms with Gasteiger partial charge in [0.2, 0.25) is 0 Å². The van der Waals surface area contributed by atoms with Crippen LogP contribution in [0.4, 0.5) is 0 Å². The van der Waals surface area contributed by atoms with Crippen molar-refractivity contribution in [2.45, 2.75) is 19.4 Å². The van der Waals surface area contributed by atoms with Crippen molar-refractivity contribution in [3.63, 3.8) is 0 Å². The molecule has 2 nitrogen and oxygen atoms in total. The monoisotopic (exact) mass is 258 g/mol. The second-order valence-corrected chi connectivity index (χ2v) is 4.42. The third-order valence-corrected chi connectivity index (χ3v) is 3.01. The molecule has 78 valence electrons. The van der Waals surface area contributed by atoms with Gasteiger partial charge in [-0.3, -0.25) is 0 Å². The van der Waals surface area contributed by atoms with Crippen LogP contribution in [0.5, 0.6) is 5.75 Å². The van der Waals surface area contributed by atoms with E-state index in [9.17, 15) is 0 Å². The average Bonchev–Trinajstić information content (AvgIpc) is 2.18. The van der Waals surface area contributed by atoms with Gasteiger partial charge >= 0.3 is 0 Å². The highest BCUT2D eigenvalue weighted by atomic mass is 79.9. The zero-order chi connectivity index (χ0) is 10.8. The van der Waals surface area contributed by atoms with Gasteiger partial charge in [-0.05, 0) is 47.5 Å². The van der Waals surface area contributed by atoms with Gasteiger partial charge in [0.1, 0.15) is 5.75 Å². The predicted octanol–water partition coefficient (Wildman–Crippen LogP) is 3.34. The van der Waals surface area contributed by atoms with Gasteiger partial charge in [0.15, 0.2) is 0 Å². The van der Waals surface area contributed by atoms with Crippen molar-refractivity contribution in [3.8, 4) is 5.75 Å². The third kappa shape index (κ3) is 2.28. The lowest BCUT2D eigenvalue weighted by Crippen LogP contribution is -2.19. The van der Waals surface area contributed by atoms with E-state index in [4.69, 9.17) is 9.47 Å². The van der Waals surface area contributed by atoms with Crippen molar-refractivity contribution in [3.05, 3.63) is 28.2 Å². The Morgan fingerprint density at radius 2 is 1.86 bits per heavy atom. The van der Waals surface area contributed by atoms with Crippen LogP contribution in [0.2, 0.25) is 0 Å². The zero-order valence-electron chi connectivity index (χ0n) is 8.93. The largest absolute Gasteiger partial charge is 0.496 e. The summed E-state index contributed by atoms with van der Waals surface area (Å²) in [5.74, 6) is 0.827. The zero-order valence-corrected chi connectivity index (χ0v) is 10.5. The Morgan fingerprint density at radius 1 is 1.21 bits per heavy atom. The molecule has 0 bridgehead atoms. The summed E-state index contributed by atoms with van der Waals surface area (Å²) in [4.78, 5) is 0. The molecule has 3 heteroatoms. The van der Waals surface area contributed by atoms with E-state index in [-0.39, 0.29) is 5.60 Å². The molecule has 0 atom stereocenters. The Morgan fingerprint density at radius 3 is 2.36 bits per heavy atom. The van der Waals surface area contributed by atoms with Crippen molar-refractivity contribution >= 4 is 15.9 Å². The number of rotatable bonds is 3. The number of methoxy groups -OCH3 is 2. The maximum Gasteiger partial charge on any atom is 0.133 e. The van der Waals surface area contributed by atoms with Gasteiger partial charge in [-0.25, -0.2) is 0 Å². The minimum Gasteiger partial charge on any atom is -0.496 e. The fraction of sp³-hybridized carbons (Fsp3) is 0.455. The number of ether oxygens (including phenoxy) is 2. The summed E-state index contributed by atoms with van der Waals surface area (Å²) >= 11 is 3.41. The molecule has 0 heterocycles. The Labute approximate surface area is 93.4 Å². The van der Waals surface area contributed by atoms with E-state index >= 15 is 0 Å². The van der Waals surface area contributed by atoms with Crippen LogP contribution < -0.4 is 4.74 Å². The molecular formula is C11H15BrO2. The standard InChI is InChI=1S/C11H15BrO2/c1-11(2,14-4)8-5-6-9(12)10(7-8)13-3/h5-7H,1-4H3. The molecular weight excluding hydrogens is 244 g/mol. The van der Waals surface area contributed by atoms with E-state index in [1.807, 2.05) is 32.0 Å². The second-order valence-electron chi connectivity index (χ2n) is 3.56. The first-order valence-electron chi connectivity index (χ1n) is 4.40. The van der Waals surface area contributed by atoms with Crippen LogP contribution in [0.1, 0.15) is 19.4 Å².